The minimum absolute atomic E-state index is 0. The van der Waals surface area contributed by atoms with Crippen LogP contribution in [0.5, 0.6) is 0 Å². The summed E-state index contributed by atoms with van der Waals surface area (Å²) in [4.78, 5) is 43.6. The third kappa shape index (κ3) is 10.7. The average molecular weight is 589 g/mol. The topological polar surface area (TPSA) is 199 Å². The number of halogens is 1. The lowest BCUT2D eigenvalue weighted by Gasteiger charge is -2.21. The number of sulfonamides is 1. The number of hydrogen-bond donors (Lipinski definition) is 4. The minimum Gasteiger partial charge on any atom is -0.320 e. The molecule has 2 heterocycles. The summed E-state index contributed by atoms with van der Waals surface area (Å²) in [6.07, 6.45) is 1.15. The molecule has 0 bridgehead atoms. The zero-order chi connectivity index (χ0) is 27.6. The number of benzene rings is 2. The summed E-state index contributed by atoms with van der Waals surface area (Å²) in [6, 6.07) is 14.3. The van der Waals surface area contributed by atoms with E-state index in [-0.39, 0.29) is 47.8 Å². The summed E-state index contributed by atoms with van der Waals surface area (Å²) in [7, 11) is -2.23. The fourth-order valence-electron chi connectivity index (χ4n) is 2.95. The van der Waals surface area contributed by atoms with E-state index in [9.17, 15) is 36.0 Å². The highest BCUT2D eigenvalue weighted by molar-refractivity contribution is 8.13. The van der Waals surface area contributed by atoms with Crippen molar-refractivity contribution in [2.75, 3.05) is 0 Å². The van der Waals surface area contributed by atoms with Crippen LogP contribution in [0.4, 0.5) is 0 Å². The van der Waals surface area contributed by atoms with E-state index in [4.69, 9.17) is 16.4 Å². The van der Waals surface area contributed by atoms with Crippen LogP contribution in [0.2, 0.25) is 0 Å². The van der Waals surface area contributed by atoms with Gasteiger partial charge in [-0.05, 0) is 37.1 Å². The predicted molar refractivity (Wildman–Crippen MR) is 140 cm³/mol. The van der Waals surface area contributed by atoms with Crippen LogP contribution in [0, 0.1) is 0 Å². The Labute approximate surface area is 225 Å². The molecule has 2 aliphatic rings. The van der Waals surface area contributed by atoms with E-state index in [1.165, 1.54) is 24.3 Å². The van der Waals surface area contributed by atoms with Crippen LogP contribution in [0.15, 0.2) is 70.5 Å². The lowest BCUT2D eigenvalue weighted by Crippen LogP contribution is -2.52. The number of nitrogens with one attached hydrogen (secondary N) is 3. The van der Waals surface area contributed by atoms with Gasteiger partial charge >= 0.3 is 0 Å². The molecule has 4 rings (SSSR count). The van der Waals surface area contributed by atoms with Gasteiger partial charge in [0.05, 0.1) is 15.8 Å². The van der Waals surface area contributed by atoms with Crippen molar-refractivity contribution in [2.45, 2.75) is 55.0 Å². The van der Waals surface area contributed by atoms with Gasteiger partial charge in [-0.25, -0.2) is 16.8 Å². The molecular weight excluding hydrogens is 560 g/mol. The maximum absolute atomic E-state index is 12.0. The second-order valence-corrected chi connectivity index (χ2v) is 12.0. The number of hydrogen-bond acceptors (Lipinski definition) is 9. The Balaban J connectivity index is 0.000000307. The minimum atomic E-state index is -3.73. The van der Waals surface area contributed by atoms with Crippen molar-refractivity contribution in [3.8, 4) is 0 Å². The van der Waals surface area contributed by atoms with E-state index in [1.54, 1.807) is 36.4 Å². The summed E-state index contributed by atoms with van der Waals surface area (Å²) in [5.41, 5.74) is 5.28. The molecule has 2 atom stereocenters. The van der Waals surface area contributed by atoms with Crippen molar-refractivity contribution < 1.29 is 36.0 Å². The molecule has 0 aromatic heterocycles. The van der Waals surface area contributed by atoms with Gasteiger partial charge in [0.15, 0.2) is 0 Å². The monoisotopic (exact) mass is 588 g/mol. The first kappa shape index (κ1) is 32.9. The second kappa shape index (κ2) is 14.7. The predicted octanol–water partition coefficient (Wildman–Crippen LogP) is 0.771. The Morgan fingerprint density at radius 3 is 1.58 bits per heavy atom. The number of amides is 4. The number of carbonyl (C=O) groups excluding carboxylic acids is 4. The Bertz CT molecular complexity index is 1340. The molecule has 2 aliphatic heterocycles. The van der Waals surface area contributed by atoms with Crippen LogP contribution in [0.25, 0.3) is 0 Å². The molecule has 0 radical (unpaired) electrons. The molecule has 15 heteroatoms. The zero-order valence-corrected chi connectivity index (χ0v) is 21.7. The van der Waals surface area contributed by atoms with Crippen LogP contribution in [-0.2, 0) is 38.3 Å². The van der Waals surface area contributed by atoms with Gasteiger partial charge in [-0.3, -0.25) is 29.8 Å². The fraction of sp³-hybridized carbons (Fsp3) is 0.304. The quantitative estimate of drug-likeness (QED) is 0.294. The molecule has 12 nitrogen and oxygen atoms in total. The van der Waals surface area contributed by atoms with E-state index in [1.807, 2.05) is 0 Å². The van der Waals surface area contributed by atoms with Gasteiger partial charge in [0.1, 0.15) is 6.04 Å². The average Bonchev–Trinajstić information content (AvgIpc) is 2.85. The zero-order valence-electron chi connectivity index (χ0n) is 19.3. The molecular formula is C23H29ClN4O8S2. The lowest BCUT2D eigenvalue weighted by molar-refractivity contribution is -0.135. The Kier molecular flexibility index (Phi) is 12.7. The highest BCUT2D eigenvalue weighted by Gasteiger charge is 2.30. The van der Waals surface area contributed by atoms with Crippen molar-refractivity contribution in [1.82, 2.24) is 15.4 Å². The molecule has 5 N–H and O–H groups in total. The van der Waals surface area contributed by atoms with Gasteiger partial charge < -0.3 is 5.73 Å². The first-order valence-electron chi connectivity index (χ1n) is 10.8. The van der Waals surface area contributed by atoms with Crippen molar-refractivity contribution in [3.63, 3.8) is 0 Å². The van der Waals surface area contributed by atoms with Crippen molar-refractivity contribution in [2.24, 2.45) is 5.73 Å². The molecule has 38 heavy (non-hydrogen) atoms. The molecule has 0 aliphatic carbocycles. The van der Waals surface area contributed by atoms with Gasteiger partial charge in [-0.1, -0.05) is 43.8 Å². The summed E-state index contributed by atoms with van der Waals surface area (Å²) >= 11 is 0. The highest BCUT2D eigenvalue weighted by atomic mass is 35.7. The molecule has 2 aromatic carbocycles. The number of rotatable bonds is 4. The number of nitrogens with two attached hydrogens (primary N) is 1. The van der Waals surface area contributed by atoms with Gasteiger partial charge in [0.25, 0.3) is 9.05 Å². The second-order valence-electron chi connectivity index (χ2n) is 7.75. The third-order valence-electron chi connectivity index (χ3n) is 4.90. The maximum atomic E-state index is 12.0. The molecule has 4 amide bonds. The summed E-state index contributed by atoms with van der Waals surface area (Å²) in [6.45, 7) is 0. The molecule has 208 valence electrons. The van der Waals surface area contributed by atoms with E-state index in [2.05, 4.69) is 15.4 Å². The molecule has 0 spiro atoms. The lowest BCUT2D eigenvalue weighted by atomic mass is 10.1. The van der Waals surface area contributed by atoms with Crippen molar-refractivity contribution in [3.05, 3.63) is 60.7 Å². The van der Waals surface area contributed by atoms with Gasteiger partial charge in [0.2, 0.25) is 33.7 Å². The first-order valence-corrected chi connectivity index (χ1v) is 14.6. The Morgan fingerprint density at radius 2 is 1.18 bits per heavy atom. The number of carbonyl (C=O) groups is 4. The van der Waals surface area contributed by atoms with Gasteiger partial charge in [-0.15, -0.1) is 0 Å². The molecule has 2 saturated heterocycles. The van der Waals surface area contributed by atoms with Gasteiger partial charge in [0, 0.05) is 23.5 Å². The maximum Gasteiger partial charge on any atom is 0.261 e. The summed E-state index contributed by atoms with van der Waals surface area (Å²) in [5, 5.41) is 4.22. The summed E-state index contributed by atoms with van der Waals surface area (Å²) in [5.74, 6) is -1.56. The van der Waals surface area contributed by atoms with E-state index >= 15 is 0 Å². The third-order valence-corrected chi connectivity index (χ3v) is 7.75. The van der Waals surface area contributed by atoms with E-state index in [0.29, 0.717) is 12.8 Å². The number of piperidine rings is 2. The SMILES string of the molecule is C.NC1CCC(=O)NC1=O.O=C1CCC(NS(=O)(=O)c2ccccc2)C(=O)N1.O=S(=O)(Cl)c1ccccc1. The van der Waals surface area contributed by atoms with Crippen LogP contribution >= 0.6 is 10.7 Å². The first-order chi connectivity index (χ1) is 17.3. The largest absolute Gasteiger partial charge is 0.320 e. The van der Waals surface area contributed by atoms with Crippen molar-refractivity contribution >= 4 is 53.4 Å². The number of imide groups is 2. The molecule has 0 saturated carbocycles. The van der Waals surface area contributed by atoms with Gasteiger partial charge in [-0.2, -0.15) is 4.72 Å². The standard InChI is InChI=1S/C11H12N2O4S.C6H5ClO2S.C5H8N2O2.CH4/c14-10-7-6-9(11(15)12-10)13-18(16,17)8-4-2-1-3-5-8;7-10(8,9)6-4-2-1-3-5-6;6-3-1-2-4(8)7-5(3)9;/h1-5,9,13H,6-7H2,(H,12,14,15);1-5H;3H,1-2,6H2,(H,7,8,9);1H4. The fourth-order valence-corrected chi connectivity index (χ4v) is 5.00. The molecule has 2 unspecified atom stereocenters. The Hall–Kier alpha value is -3.17. The Morgan fingerprint density at radius 1 is 0.737 bits per heavy atom. The van der Waals surface area contributed by atoms with Crippen LogP contribution in [0.1, 0.15) is 33.1 Å². The smallest absolute Gasteiger partial charge is 0.261 e. The van der Waals surface area contributed by atoms with Crippen LogP contribution in [-0.4, -0.2) is 52.5 Å². The van der Waals surface area contributed by atoms with E-state index in [0.717, 1.165) is 0 Å². The van der Waals surface area contributed by atoms with E-state index < -0.39 is 37.1 Å². The molecule has 2 fully saturated rings. The van der Waals surface area contributed by atoms with Crippen molar-refractivity contribution in [1.29, 1.82) is 0 Å². The summed E-state index contributed by atoms with van der Waals surface area (Å²) < 4.78 is 47.4. The molecule has 2 aromatic rings. The highest BCUT2D eigenvalue weighted by Crippen LogP contribution is 2.13. The van der Waals surface area contributed by atoms with Crippen LogP contribution < -0.4 is 21.1 Å². The normalized spacial score (nSPS) is 19.3. The van der Waals surface area contributed by atoms with Crippen LogP contribution in [0.3, 0.4) is 0 Å².